The van der Waals surface area contributed by atoms with Crippen LogP contribution in [0.1, 0.15) is 6.42 Å². The van der Waals surface area contributed by atoms with Crippen LogP contribution in [0.4, 0.5) is 4.39 Å². The van der Waals surface area contributed by atoms with Crippen molar-refractivity contribution in [3.05, 3.63) is 79.3 Å². The van der Waals surface area contributed by atoms with Gasteiger partial charge in [0.05, 0.1) is 25.1 Å². The zero-order chi connectivity index (χ0) is 22.5. The third kappa shape index (κ3) is 5.16. The van der Waals surface area contributed by atoms with Crippen LogP contribution in [0.3, 0.4) is 0 Å². The van der Waals surface area contributed by atoms with Crippen LogP contribution >= 0.6 is 0 Å². The second kappa shape index (κ2) is 10.0. The summed E-state index contributed by atoms with van der Waals surface area (Å²) in [7, 11) is 0. The summed E-state index contributed by atoms with van der Waals surface area (Å²) in [6.45, 7) is 5.61. The minimum Gasteiger partial charge on any atom is -0.379 e. The minimum absolute atomic E-state index is 0.282. The summed E-state index contributed by atoms with van der Waals surface area (Å²) in [5.74, 6) is -0.282. The molecule has 0 unspecified atom stereocenters. The van der Waals surface area contributed by atoms with E-state index in [1.165, 1.54) is 6.07 Å². The van der Waals surface area contributed by atoms with Crippen molar-refractivity contribution in [2.24, 2.45) is 0 Å². The van der Waals surface area contributed by atoms with Gasteiger partial charge in [-0.25, -0.2) is 4.39 Å². The van der Waals surface area contributed by atoms with Crippen LogP contribution in [0.15, 0.2) is 73.4 Å². The Bertz CT molecular complexity index is 1220. The molecule has 0 N–H and O–H groups in total. The van der Waals surface area contributed by atoms with Crippen LogP contribution in [0.2, 0.25) is 0 Å². The van der Waals surface area contributed by atoms with Crippen molar-refractivity contribution in [2.45, 2.75) is 13.0 Å². The van der Waals surface area contributed by atoms with E-state index in [-0.39, 0.29) is 5.82 Å². The summed E-state index contributed by atoms with van der Waals surface area (Å²) in [5.41, 5.74) is 5.00. The molecule has 0 spiro atoms. The van der Waals surface area contributed by atoms with Crippen LogP contribution in [0.25, 0.3) is 33.5 Å². The van der Waals surface area contributed by atoms with E-state index >= 15 is 0 Å². The van der Waals surface area contributed by atoms with Gasteiger partial charge in [0.25, 0.3) is 0 Å². The average molecular weight is 444 g/mol. The van der Waals surface area contributed by atoms with Gasteiger partial charge in [-0.15, -0.1) is 0 Å². The fraction of sp³-hybridized carbons (Fsp3) is 0.269. The van der Waals surface area contributed by atoms with Crippen molar-refractivity contribution in [2.75, 3.05) is 32.8 Å². The van der Waals surface area contributed by atoms with Crippen molar-refractivity contribution in [1.29, 1.82) is 0 Å². The number of aromatic nitrogens is 4. The molecule has 0 aliphatic carbocycles. The van der Waals surface area contributed by atoms with Crippen molar-refractivity contribution in [1.82, 2.24) is 24.6 Å². The number of morpholine rings is 1. The summed E-state index contributed by atoms with van der Waals surface area (Å²) in [6, 6.07) is 12.6. The Hall–Kier alpha value is -3.42. The molecule has 7 heteroatoms. The quantitative estimate of drug-likeness (QED) is 0.420. The number of halogens is 1. The van der Waals surface area contributed by atoms with Crippen LogP contribution in [0.5, 0.6) is 0 Å². The number of ether oxygens (including phenoxy) is 1. The van der Waals surface area contributed by atoms with Gasteiger partial charge >= 0.3 is 0 Å². The van der Waals surface area contributed by atoms with E-state index in [1.807, 2.05) is 41.5 Å². The summed E-state index contributed by atoms with van der Waals surface area (Å²) in [5, 5.41) is 4.54. The Labute approximate surface area is 192 Å². The third-order valence-corrected chi connectivity index (χ3v) is 5.91. The zero-order valence-electron chi connectivity index (χ0n) is 18.4. The van der Waals surface area contributed by atoms with Crippen molar-refractivity contribution < 1.29 is 9.13 Å². The molecule has 4 aromatic rings. The van der Waals surface area contributed by atoms with E-state index in [0.717, 1.165) is 68.1 Å². The van der Waals surface area contributed by atoms with E-state index in [1.54, 1.807) is 18.3 Å². The lowest BCUT2D eigenvalue weighted by Gasteiger charge is -2.26. The van der Waals surface area contributed by atoms with Gasteiger partial charge in [-0.1, -0.05) is 12.1 Å². The molecule has 0 amide bonds. The second-order valence-corrected chi connectivity index (χ2v) is 8.17. The Kier molecular flexibility index (Phi) is 6.51. The molecule has 6 nitrogen and oxygen atoms in total. The molecule has 3 aromatic heterocycles. The third-order valence-electron chi connectivity index (χ3n) is 5.91. The molecule has 4 heterocycles. The highest BCUT2D eigenvalue weighted by Crippen LogP contribution is 2.28. The maximum absolute atomic E-state index is 14.2. The van der Waals surface area contributed by atoms with Gasteiger partial charge in [0.1, 0.15) is 5.82 Å². The van der Waals surface area contributed by atoms with E-state index < -0.39 is 0 Å². The lowest BCUT2D eigenvalue weighted by Crippen LogP contribution is -2.37. The number of aryl methyl sites for hydroxylation is 1. The summed E-state index contributed by atoms with van der Waals surface area (Å²) >= 11 is 0. The molecule has 1 aliphatic rings. The maximum Gasteiger partial charge on any atom is 0.132 e. The first-order valence-corrected chi connectivity index (χ1v) is 11.3. The first kappa shape index (κ1) is 21.4. The zero-order valence-corrected chi connectivity index (χ0v) is 18.4. The van der Waals surface area contributed by atoms with Gasteiger partial charge in [0.15, 0.2) is 0 Å². The molecule has 5 rings (SSSR count). The Morgan fingerprint density at radius 1 is 0.879 bits per heavy atom. The number of nitrogens with zero attached hydrogens (tertiary/aromatic N) is 5. The van der Waals surface area contributed by atoms with Crippen LogP contribution < -0.4 is 0 Å². The van der Waals surface area contributed by atoms with E-state index in [2.05, 4.69) is 32.2 Å². The minimum atomic E-state index is -0.282. The van der Waals surface area contributed by atoms with Crippen LogP contribution in [0, 0.1) is 5.82 Å². The van der Waals surface area contributed by atoms with E-state index in [0.29, 0.717) is 11.3 Å². The van der Waals surface area contributed by atoms with E-state index in [9.17, 15) is 4.39 Å². The summed E-state index contributed by atoms with van der Waals surface area (Å²) in [6.07, 6.45) is 10.4. The van der Waals surface area contributed by atoms with Gasteiger partial charge in [0.2, 0.25) is 0 Å². The molecule has 0 saturated carbocycles. The first-order chi connectivity index (χ1) is 16.3. The van der Waals surface area contributed by atoms with Crippen molar-refractivity contribution in [3.8, 4) is 33.5 Å². The molecule has 0 atom stereocenters. The van der Waals surface area contributed by atoms with Gasteiger partial charge < -0.3 is 4.74 Å². The summed E-state index contributed by atoms with van der Waals surface area (Å²) < 4.78 is 21.6. The van der Waals surface area contributed by atoms with Gasteiger partial charge in [0, 0.05) is 73.2 Å². The van der Waals surface area contributed by atoms with Crippen molar-refractivity contribution >= 4 is 0 Å². The van der Waals surface area contributed by atoms with Gasteiger partial charge in [-0.2, -0.15) is 5.10 Å². The molecular formula is C26H26FN5O. The molecule has 33 heavy (non-hydrogen) atoms. The SMILES string of the molecule is Fc1ccccc1-c1cc(-c2cncc(-c3cnn(CCCN4CCOCC4)c3)c2)ccn1. The largest absolute Gasteiger partial charge is 0.379 e. The average Bonchev–Trinajstić information content (AvgIpc) is 3.34. The number of rotatable bonds is 7. The highest BCUT2D eigenvalue weighted by molar-refractivity contribution is 5.74. The number of hydrogen-bond donors (Lipinski definition) is 0. The second-order valence-electron chi connectivity index (χ2n) is 8.17. The van der Waals surface area contributed by atoms with Gasteiger partial charge in [-0.3, -0.25) is 19.5 Å². The van der Waals surface area contributed by atoms with Crippen molar-refractivity contribution in [3.63, 3.8) is 0 Å². The molecule has 0 bridgehead atoms. The smallest absolute Gasteiger partial charge is 0.132 e. The lowest BCUT2D eigenvalue weighted by molar-refractivity contribution is 0.0368. The van der Waals surface area contributed by atoms with E-state index in [4.69, 9.17) is 4.74 Å². The highest BCUT2D eigenvalue weighted by atomic mass is 19.1. The molecule has 1 saturated heterocycles. The number of hydrogen-bond acceptors (Lipinski definition) is 5. The normalized spacial score (nSPS) is 14.5. The standard InChI is InChI=1S/C26H26FN5O/c27-25-5-2-1-4-24(25)26-15-20(6-7-29-26)21-14-22(17-28-16-21)23-18-30-32(19-23)9-3-8-31-10-12-33-13-11-31/h1-2,4-7,14-19H,3,8-13H2. The molecule has 1 aromatic carbocycles. The Morgan fingerprint density at radius 2 is 1.70 bits per heavy atom. The molecular weight excluding hydrogens is 417 g/mol. The van der Waals surface area contributed by atoms with Gasteiger partial charge in [-0.05, 0) is 42.3 Å². The lowest BCUT2D eigenvalue weighted by atomic mass is 10.0. The Morgan fingerprint density at radius 3 is 2.55 bits per heavy atom. The fourth-order valence-corrected chi connectivity index (χ4v) is 4.10. The molecule has 168 valence electrons. The van der Waals surface area contributed by atoms with Crippen LogP contribution in [-0.4, -0.2) is 57.5 Å². The summed E-state index contributed by atoms with van der Waals surface area (Å²) in [4.78, 5) is 11.2. The predicted octanol–water partition coefficient (Wildman–Crippen LogP) is 4.54. The first-order valence-electron chi connectivity index (χ1n) is 11.3. The predicted molar refractivity (Wildman–Crippen MR) is 126 cm³/mol. The molecule has 1 fully saturated rings. The highest BCUT2D eigenvalue weighted by Gasteiger charge is 2.11. The fourth-order valence-electron chi connectivity index (χ4n) is 4.10. The maximum atomic E-state index is 14.2. The Balaban J connectivity index is 1.30. The monoisotopic (exact) mass is 443 g/mol. The topological polar surface area (TPSA) is 56.1 Å². The number of pyridine rings is 2. The molecule has 0 radical (unpaired) electrons. The van der Waals surface area contributed by atoms with Crippen LogP contribution in [-0.2, 0) is 11.3 Å². The number of benzene rings is 1. The molecule has 1 aliphatic heterocycles.